The van der Waals surface area contributed by atoms with Crippen molar-refractivity contribution in [3.63, 3.8) is 0 Å². The van der Waals surface area contributed by atoms with Crippen molar-refractivity contribution in [3.8, 4) is 17.6 Å². The zero-order chi connectivity index (χ0) is 18.8. The van der Waals surface area contributed by atoms with Crippen molar-refractivity contribution in [2.45, 2.75) is 6.54 Å². The lowest BCUT2D eigenvalue weighted by Crippen LogP contribution is -2.47. The SMILES string of the molecule is COCCn1c(C#N)cc(N)c1N1CCN(c2ccc3c(c2)OCO3)CC1. The van der Waals surface area contributed by atoms with E-state index >= 15 is 0 Å². The Kier molecular flexibility index (Phi) is 4.69. The number of nitrogens with zero attached hydrogens (tertiary/aromatic N) is 4. The van der Waals surface area contributed by atoms with Gasteiger partial charge in [-0.05, 0) is 18.2 Å². The first-order chi connectivity index (χ1) is 13.2. The molecule has 27 heavy (non-hydrogen) atoms. The molecule has 1 saturated heterocycles. The number of nitrogens with two attached hydrogens (primary N) is 1. The van der Waals surface area contributed by atoms with E-state index in [4.69, 9.17) is 19.9 Å². The van der Waals surface area contributed by atoms with Crippen molar-refractivity contribution in [1.29, 1.82) is 5.26 Å². The number of benzene rings is 1. The number of rotatable bonds is 5. The fourth-order valence-electron chi connectivity index (χ4n) is 3.67. The van der Waals surface area contributed by atoms with E-state index < -0.39 is 0 Å². The number of nitrogen functional groups attached to an aromatic ring is 1. The average molecular weight is 369 g/mol. The minimum atomic E-state index is 0.283. The molecule has 1 aromatic carbocycles. The highest BCUT2D eigenvalue weighted by Gasteiger charge is 2.24. The van der Waals surface area contributed by atoms with Crippen LogP contribution in [0.25, 0.3) is 0 Å². The highest BCUT2D eigenvalue weighted by atomic mass is 16.7. The highest BCUT2D eigenvalue weighted by Crippen LogP contribution is 2.36. The van der Waals surface area contributed by atoms with E-state index in [1.807, 2.05) is 16.7 Å². The van der Waals surface area contributed by atoms with Crippen molar-refractivity contribution in [3.05, 3.63) is 30.0 Å². The fourth-order valence-corrected chi connectivity index (χ4v) is 3.67. The molecule has 2 aromatic rings. The van der Waals surface area contributed by atoms with E-state index in [0.29, 0.717) is 24.5 Å². The summed E-state index contributed by atoms with van der Waals surface area (Å²) in [6.45, 7) is 4.78. The van der Waals surface area contributed by atoms with Crippen LogP contribution in [0.1, 0.15) is 5.69 Å². The number of aromatic nitrogens is 1. The maximum atomic E-state index is 9.41. The molecular formula is C19H23N5O3. The molecule has 0 unspecified atom stereocenters. The maximum absolute atomic E-state index is 9.41. The van der Waals surface area contributed by atoms with E-state index in [0.717, 1.165) is 49.2 Å². The van der Waals surface area contributed by atoms with Gasteiger partial charge in [0.25, 0.3) is 0 Å². The maximum Gasteiger partial charge on any atom is 0.231 e. The first kappa shape index (κ1) is 17.4. The van der Waals surface area contributed by atoms with Gasteiger partial charge in [0, 0.05) is 51.6 Å². The topological polar surface area (TPSA) is 88.9 Å². The zero-order valence-corrected chi connectivity index (χ0v) is 15.4. The van der Waals surface area contributed by atoms with Crippen molar-refractivity contribution in [1.82, 2.24) is 4.57 Å². The number of hydrogen-bond donors (Lipinski definition) is 1. The summed E-state index contributed by atoms with van der Waals surface area (Å²) in [6.07, 6.45) is 0. The predicted octanol–water partition coefficient (Wildman–Crippen LogP) is 1.64. The van der Waals surface area contributed by atoms with E-state index in [2.05, 4.69) is 21.9 Å². The van der Waals surface area contributed by atoms with Gasteiger partial charge < -0.3 is 34.3 Å². The standard InChI is InChI=1S/C19H23N5O3/c1-25-9-8-24-15(12-20)10-16(21)19(24)23-6-4-22(5-7-23)14-2-3-17-18(11-14)27-13-26-17/h2-3,10-11H,4-9,13,21H2,1H3. The molecule has 2 aliphatic rings. The normalized spacial score (nSPS) is 15.9. The number of ether oxygens (including phenoxy) is 3. The molecule has 0 saturated carbocycles. The number of methoxy groups -OCH3 is 1. The summed E-state index contributed by atoms with van der Waals surface area (Å²) >= 11 is 0. The highest BCUT2D eigenvalue weighted by molar-refractivity contribution is 5.68. The minimum Gasteiger partial charge on any atom is -0.454 e. The van der Waals surface area contributed by atoms with Gasteiger partial charge in [0.05, 0.1) is 12.3 Å². The van der Waals surface area contributed by atoms with Gasteiger partial charge in [0.2, 0.25) is 6.79 Å². The van der Waals surface area contributed by atoms with Gasteiger partial charge >= 0.3 is 0 Å². The third-order valence-electron chi connectivity index (χ3n) is 5.03. The van der Waals surface area contributed by atoms with E-state index in [1.54, 1.807) is 13.2 Å². The molecule has 0 radical (unpaired) electrons. The van der Waals surface area contributed by atoms with Crippen LogP contribution in [0.2, 0.25) is 0 Å². The molecule has 0 atom stereocenters. The van der Waals surface area contributed by atoms with Gasteiger partial charge in [0.1, 0.15) is 17.6 Å². The van der Waals surface area contributed by atoms with E-state index in [9.17, 15) is 5.26 Å². The van der Waals surface area contributed by atoms with Crippen LogP contribution in [0.3, 0.4) is 0 Å². The Bertz CT molecular complexity index is 865. The van der Waals surface area contributed by atoms with Crippen molar-refractivity contribution < 1.29 is 14.2 Å². The molecule has 2 aliphatic heterocycles. The monoisotopic (exact) mass is 369 g/mol. The second-order valence-electron chi connectivity index (χ2n) is 6.58. The molecular weight excluding hydrogens is 346 g/mol. The van der Waals surface area contributed by atoms with Gasteiger partial charge in [-0.1, -0.05) is 0 Å². The molecule has 0 aliphatic carbocycles. The average Bonchev–Trinajstić information content (AvgIpc) is 3.29. The zero-order valence-electron chi connectivity index (χ0n) is 15.4. The lowest BCUT2D eigenvalue weighted by atomic mass is 10.2. The molecule has 2 N–H and O–H groups in total. The Morgan fingerprint density at radius 3 is 2.59 bits per heavy atom. The minimum absolute atomic E-state index is 0.283. The van der Waals surface area contributed by atoms with Crippen LogP contribution in [0, 0.1) is 11.3 Å². The molecule has 3 heterocycles. The quantitative estimate of drug-likeness (QED) is 0.857. The van der Waals surface area contributed by atoms with Crippen LogP contribution < -0.4 is 25.0 Å². The first-order valence-corrected chi connectivity index (χ1v) is 8.99. The van der Waals surface area contributed by atoms with Crippen LogP contribution in [-0.4, -0.2) is 51.3 Å². The number of piperazine rings is 1. The Balaban J connectivity index is 1.49. The van der Waals surface area contributed by atoms with E-state index in [-0.39, 0.29) is 6.79 Å². The first-order valence-electron chi connectivity index (χ1n) is 8.99. The number of anilines is 3. The Morgan fingerprint density at radius 1 is 1.11 bits per heavy atom. The van der Waals surface area contributed by atoms with Crippen LogP contribution >= 0.6 is 0 Å². The molecule has 8 nitrogen and oxygen atoms in total. The summed E-state index contributed by atoms with van der Waals surface area (Å²) in [5.74, 6) is 2.50. The van der Waals surface area contributed by atoms with Crippen molar-refractivity contribution >= 4 is 17.2 Å². The van der Waals surface area contributed by atoms with Crippen LogP contribution in [0.4, 0.5) is 17.2 Å². The Hall–Kier alpha value is -3.05. The van der Waals surface area contributed by atoms with Gasteiger partial charge in [-0.3, -0.25) is 0 Å². The Labute approximate surface area is 158 Å². The summed E-state index contributed by atoms with van der Waals surface area (Å²) in [7, 11) is 1.66. The van der Waals surface area contributed by atoms with Crippen LogP contribution in [0.5, 0.6) is 11.5 Å². The Morgan fingerprint density at radius 2 is 1.85 bits per heavy atom. The molecule has 0 bridgehead atoms. The lowest BCUT2D eigenvalue weighted by molar-refractivity contribution is 0.174. The summed E-state index contributed by atoms with van der Waals surface area (Å²) < 4.78 is 18.0. The second-order valence-corrected chi connectivity index (χ2v) is 6.58. The predicted molar refractivity (Wildman–Crippen MR) is 102 cm³/mol. The van der Waals surface area contributed by atoms with Crippen LogP contribution in [-0.2, 0) is 11.3 Å². The third kappa shape index (κ3) is 3.22. The van der Waals surface area contributed by atoms with E-state index in [1.165, 1.54) is 0 Å². The van der Waals surface area contributed by atoms with Gasteiger partial charge in [-0.15, -0.1) is 0 Å². The molecule has 0 amide bonds. The number of fused-ring (bicyclic) bond motifs is 1. The van der Waals surface area contributed by atoms with Gasteiger partial charge in [0.15, 0.2) is 11.5 Å². The largest absolute Gasteiger partial charge is 0.454 e. The second kappa shape index (κ2) is 7.29. The number of hydrogen-bond acceptors (Lipinski definition) is 7. The van der Waals surface area contributed by atoms with Crippen molar-refractivity contribution in [2.24, 2.45) is 0 Å². The molecule has 142 valence electrons. The summed E-state index contributed by atoms with van der Waals surface area (Å²) in [5.41, 5.74) is 8.56. The van der Waals surface area contributed by atoms with Crippen LogP contribution in [0.15, 0.2) is 24.3 Å². The number of nitriles is 1. The molecule has 4 rings (SSSR count). The molecule has 0 spiro atoms. The van der Waals surface area contributed by atoms with Crippen molar-refractivity contribution in [2.75, 3.05) is 62.2 Å². The van der Waals surface area contributed by atoms with Gasteiger partial charge in [-0.25, -0.2) is 0 Å². The lowest BCUT2D eigenvalue weighted by Gasteiger charge is -2.38. The molecule has 1 fully saturated rings. The summed E-state index contributed by atoms with van der Waals surface area (Å²) in [4.78, 5) is 4.57. The summed E-state index contributed by atoms with van der Waals surface area (Å²) in [5, 5.41) is 9.41. The molecule has 8 heteroatoms. The molecule has 1 aromatic heterocycles. The summed E-state index contributed by atoms with van der Waals surface area (Å²) in [6, 6.07) is 10.0. The smallest absolute Gasteiger partial charge is 0.231 e. The third-order valence-corrected chi connectivity index (χ3v) is 5.03. The fraction of sp³-hybridized carbons (Fsp3) is 0.421. The van der Waals surface area contributed by atoms with Gasteiger partial charge in [-0.2, -0.15) is 5.26 Å².